The highest BCUT2D eigenvalue weighted by molar-refractivity contribution is 5.67. The number of aliphatic carboxylic acids is 1. The van der Waals surface area contributed by atoms with E-state index in [1.54, 1.807) is 7.05 Å². The summed E-state index contributed by atoms with van der Waals surface area (Å²) in [4.78, 5) is 10.3. The Morgan fingerprint density at radius 3 is 2.67 bits per heavy atom. The predicted molar refractivity (Wildman–Crippen MR) is 50.8 cm³/mol. The third kappa shape index (κ3) is 2.67. The van der Waals surface area contributed by atoms with Crippen molar-refractivity contribution in [3.8, 4) is 0 Å². The number of nitrogens with two attached hydrogens (primary N) is 1. The number of aromatic nitrogens is 2. The van der Waals surface area contributed by atoms with Gasteiger partial charge in [0.05, 0.1) is 12.5 Å². The first-order valence-corrected chi connectivity index (χ1v) is 4.28. The van der Waals surface area contributed by atoms with Gasteiger partial charge in [-0.3, -0.25) is 9.48 Å². The van der Waals surface area contributed by atoms with Gasteiger partial charge in [-0.25, -0.2) is 0 Å². The van der Waals surface area contributed by atoms with Crippen LogP contribution < -0.4 is 5.73 Å². The number of aryl methyl sites for hydroxylation is 1. The number of rotatable bonds is 4. The number of carbonyl (C=O) groups is 1. The van der Waals surface area contributed by atoms with Gasteiger partial charge in [-0.1, -0.05) is 0 Å². The fraction of sp³-hybridized carbons (Fsp3) is 0.500. The van der Waals surface area contributed by atoms with Crippen LogP contribution >= 0.6 is 0 Å². The van der Waals surface area contributed by atoms with E-state index in [0.717, 1.165) is 0 Å². The molecule has 0 aromatic carbocycles. The summed E-state index contributed by atoms with van der Waals surface area (Å²) in [6, 6.07) is 0. The molecule has 7 nitrogen and oxygen atoms in total. The van der Waals surface area contributed by atoms with Crippen molar-refractivity contribution in [3.05, 3.63) is 11.8 Å². The van der Waals surface area contributed by atoms with Crippen molar-refractivity contribution in [2.45, 2.75) is 18.6 Å². The monoisotopic (exact) mass is 215 g/mol. The van der Waals surface area contributed by atoms with Crippen LogP contribution in [0.25, 0.3) is 0 Å². The summed E-state index contributed by atoms with van der Waals surface area (Å²) >= 11 is 0. The topological polar surface area (TPSA) is 122 Å². The van der Waals surface area contributed by atoms with Gasteiger partial charge in [-0.05, 0) is 0 Å². The maximum atomic E-state index is 10.3. The molecule has 1 rings (SSSR count). The quantitative estimate of drug-likeness (QED) is 0.504. The highest BCUT2D eigenvalue weighted by Gasteiger charge is 2.24. The number of aliphatic hydroxyl groups is 2. The largest absolute Gasteiger partial charge is 0.481 e. The molecule has 7 heteroatoms. The minimum Gasteiger partial charge on any atom is -0.481 e. The van der Waals surface area contributed by atoms with Gasteiger partial charge in [0.2, 0.25) is 0 Å². The molecule has 5 N–H and O–H groups in total. The summed E-state index contributed by atoms with van der Waals surface area (Å²) in [7, 11) is 1.61. The van der Waals surface area contributed by atoms with E-state index in [1.165, 1.54) is 10.9 Å². The summed E-state index contributed by atoms with van der Waals surface area (Å²) in [5.41, 5.74) is 5.69. The van der Waals surface area contributed by atoms with E-state index in [2.05, 4.69) is 5.10 Å². The van der Waals surface area contributed by atoms with Crippen molar-refractivity contribution in [3.63, 3.8) is 0 Å². The van der Waals surface area contributed by atoms with Crippen molar-refractivity contribution >= 4 is 11.8 Å². The maximum absolute atomic E-state index is 10.3. The van der Waals surface area contributed by atoms with E-state index in [1.807, 2.05) is 0 Å². The molecule has 84 valence electrons. The molecule has 0 radical (unpaired) electrons. The number of carboxylic acids is 1. The van der Waals surface area contributed by atoms with Gasteiger partial charge < -0.3 is 21.1 Å². The lowest BCUT2D eigenvalue weighted by Crippen LogP contribution is -2.22. The Kier molecular flexibility index (Phi) is 3.28. The predicted octanol–water partition coefficient (Wildman–Crippen LogP) is -1.13. The fourth-order valence-corrected chi connectivity index (χ4v) is 1.25. The average Bonchev–Trinajstić information content (AvgIpc) is 2.42. The molecule has 1 heterocycles. The second-order valence-electron chi connectivity index (χ2n) is 3.25. The second kappa shape index (κ2) is 4.28. The van der Waals surface area contributed by atoms with Crippen molar-refractivity contribution in [1.82, 2.24) is 9.78 Å². The highest BCUT2D eigenvalue weighted by Crippen LogP contribution is 2.23. The Bertz CT molecular complexity index is 363. The zero-order valence-corrected chi connectivity index (χ0v) is 8.16. The standard InChI is InChI=1S/C8H13N3O4/c1-11-3-4(8(9)10-11)7(15)5(12)2-6(13)14/h3,5,7,12,15H,2H2,1H3,(H2,9,10)(H,13,14). The Hall–Kier alpha value is -1.60. The fourth-order valence-electron chi connectivity index (χ4n) is 1.25. The minimum absolute atomic E-state index is 0.0782. The van der Waals surface area contributed by atoms with E-state index >= 15 is 0 Å². The molecule has 0 aliphatic heterocycles. The Morgan fingerprint density at radius 1 is 1.67 bits per heavy atom. The van der Waals surface area contributed by atoms with Crippen LogP contribution in [0, 0.1) is 0 Å². The molecule has 2 atom stereocenters. The number of nitrogens with zero attached hydrogens (tertiary/aromatic N) is 2. The molecular formula is C8H13N3O4. The zero-order chi connectivity index (χ0) is 11.6. The zero-order valence-electron chi connectivity index (χ0n) is 8.16. The van der Waals surface area contributed by atoms with Crippen LogP contribution in [0.15, 0.2) is 6.20 Å². The molecular weight excluding hydrogens is 202 g/mol. The highest BCUT2D eigenvalue weighted by atomic mass is 16.4. The van der Waals surface area contributed by atoms with Gasteiger partial charge in [0.25, 0.3) is 0 Å². The lowest BCUT2D eigenvalue weighted by atomic mass is 10.1. The Balaban J connectivity index is 2.79. The lowest BCUT2D eigenvalue weighted by Gasteiger charge is -2.14. The first-order valence-electron chi connectivity index (χ1n) is 4.28. The third-order valence-corrected chi connectivity index (χ3v) is 1.95. The minimum atomic E-state index is -1.39. The van der Waals surface area contributed by atoms with E-state index in [4.69, 9.17) is 10.8 Å². The first-order chi connectivity index (χ1) is 6.91. The summed E-state index contributed by atoms with van der Waals surface area (Å²) in [6.07, 6.45) is -1.84. The molecule has 1 aromatic heterocycles. The van der Waals surface area contributed by atoms with Crippen molar-refractivity contribution in [1.29, 1.82) is 0 Å². The Labute approximate surface area is 85.7 Å². The molecule has 15 heavy (non-hydrogen) atoms. The molecule has 0 bridgehead atoms. The van der Waals surface area contributed by atoms with Crippen LogP contribution in [0.2, 0.25) is 0 Å². The van der Waals surface area contributed by atoms with Crippen LogP contribution in [0.4, 0.5) is 5.82 Å². The smallest absolute Gasteiger partial charge is 0.306 e. The lowest BCUT2D eigenvalue weighted by molar-refractivity contribution is -0.141. The van der Waals surface area contributed by atoms with Gasteiger partial charge in [-0.15, -0.1) is 0 Å². The number of aliphatic hydroxyl groups excluding tert-OH is 2. The number of carboxylic acid groups (broad SMARTS) is 1. The summed E-state index contributed by atoms with van der Waals surface area (Å²) < 4.78 is 1.38. The number of hydrogen-bond donors (Lipinski definition) is 4. The molecule has 2 unspecified atom stereocenters. The van der Waals surface area contributed by atoms with Gasteiger partial charge in [0, 0.05) is 18.8 Å². The van der Waals surface area contributed by atoms with Crippen molar-refractivity contribution < 1.29 is 20.1 Å². The average molecular weight is 215 g/mol. The van der Waals surface area contributed by atoms with Gasteiger partial charge >= 0.3 is 5.97 Å². The van der Waals surface area contributed by atoms with Crippen LogP contribution in [-0.4, -0.2) is 37.2 Å². The van der Waals surface area contributed by atoms with Crippen molar-refractivity contribution in [2.75, 3.05) is 5.73 Å². The molecule has 0 saturated carbocycles. The second-order valence-corrected chi connectivity index (χ2v) is 3.25. The van der Waals surface area contributed by atoms with E-state index in [9.17, 15) is 15.0 Å². The van der Waals surface area contributed by atoms with E-state index in [0.29, 0.717) is 0 Å². The van der Waals surface area contributed by atoms with Crippen LogP contribution in [0.3, 0.4) is 0 Å². The van der Waals surface area contributed by atoms with Crippen LogP contribution in [-0.2, 0) is 11.8 Å². The summed E-state index contributed by atoms with van der Waals surface area (Å²) in [5.74, 6) is -1.11. The van der Waals surface area contributed by atoms with Crippen LogP contribution in [0.5, 0.6) is 0 Å². The van der Waals surface area contributed by atoms with Crippen LogP contribution in [0.1, 0.15) is 18.1 Å². The van der Waals surface area contributed by atoms with Gasteiger partial charge in [0.15, 0.2) is 5.82 Å². The molecule has 0 amide bonds. The van der Waals surface area contributed by atoms with E-state index < -0.39 is 24.6 Å². The van der Waals surface area contributed by atoms with Gasteiger partial charge in [0.1, 0.15) is 6.10 Å². The number of nitrogen functional groups attached to an aromatic ring is 1. The molecule has 0 saturated heterocycles. The Morgan fingerprint density at radius 2 is 2.27 bits per heavy atom. The van der Waals surface area contributed by atoms with Gasteiger partial charge in [-0.2, -0.15) is 5.10 Å². The summed E-state index contributed by atoms with van der Waals surface area (Å²) in [6.45, 7) is 0. The molecule has 1 aromatic rings. The molecule has 0 aliphatic rings. The number of anilines is 1. The van der Waals surface area contributed by atoms with Crippen molar-refractivity contribution in [2.24, 2.45) is 7.05 Å². The van der Waals surface area contributed by atoms with E-state index in [-0.39, 0.29) is 11.4 Å². The maximum Gasteiger partial charge on any atom is 0.306 e. The SMILES string of the molecule is Cn1cc(C(O)C(O)CC(=O)O)c(N)n1. The first kappa shape index (κ1) is 11.5. The summed E-state index contributed by atoms with van der Waals surface area (Å²) in [5, 5.41) is 31.1. The normalized spacial score (nSPS) is 14.9. The molecule has 0 fully saturated rings. The molecule has 0 spiro atoms. The molecule has 0 aliphatic carbocycles. The number of hydrogen-bond acceptors (Lipinski definition) is 5. The third-order valence-electron chi connectivity index (χ3n) is 1.95.